The molecule has 1 N–H and O–H groups in total. The summed E-state index contributed by atoms with van der Waals surface area (Å²) in [6.07, 6.45) is 1.87. The zero-order valence-electron chi connectivity index (χ0n) is 13.4. The SMILES string of the molecule is Cc1ccn2c(NC(=O)c3cccs3)c(-c3ccc(F)cc3)nc2c1. The van der Waals surface area contributed by atoms with Crippen LogP contribution in [-0.4, -0.2) is 15.3 Å². The Kier molecular flexibility index (Phi) is 3.82. The number of amides is 1. The van der Waals surface area contributed by atoms with Gasteiger partial charge in [-0.15, -0.1) is 11.3 Å². The van der Waals surface area contributed by atoms with Crippen LogP contribution in [0.3, 0.4) is 0 Å². The Balaban J connectivity index is 1.86. The minimum atomic E-state index is -0.312. The predicted molar refractivity (Wildman–Crippen MR) is 97.6 cm³/mol. The molecular weight excluding hydrogens is 337 g/mol. The lowest BCUT2D eigenvalue weighted by Crippen LogP contribution is -2.12. The number of pyridine rings is 1. The molecule has 0 fully saturated rings. The van der Waals surface area contributed by atoms with Crippen LogP contribution in [0.15, 0.2) is 60.1 Å². The molecule has 0 bridgehead atoms. The smallest absolute Gasteiger partial charge is 0.266 e. The van der Waals surface area contributed by atoms with Crippen LogP contribution < -0.4 is 5.32 Å². The zero-order valence-corrected chi connectivity index (χ0v) is 14.2. The van der Waals surface area contributed by atoms with E-state index in [1.54, 1.807) is 18.2 Å². The highest BCUT2D eigenvalue weighted by Gasteiger charge is 2.18. The molecule has 4 rings (SSSR count). The Morgan fingerprint density at radius 3 is 2.72 bits per heavy atom. The van der Waals surface area contributed by atoms with E-state index in [0.717, 1.165) is 16.8 Å². The average molecular weight is 351 g/mol. The lowest BCUT2D eigenvalue weighted by atomic mass is 10.1. The maximum Gasteiger partial charge on any atom is 0.266 e. The van der Waals surface area contributed by atoms with Crippen molar-refractivity contribution in [2.45, 2.75) is 6.92 Å². The van der Waals surface area contributed by atoms with Crippen molar-refractivity contribution in [3.05, 3.63) is 76.4 Å². The van der Waals surface area contributed by atoms with E-state index < -0.39 is 0 Å². The first-order chi connectivity index (χ1) is 12.1. The first kappa shape index (κ1) is 15.5. The monoisotopic (exact) mass is 351 g/mol. The molecule has 0 spiro atoms. The first-order valence-electron chi connectivity index (χ1n) is 7.71. The fourth-order valence-electron chi connectivity index (χ4n) is 2.65. The number of thiophene rings is 1. The molecule has 4 nitrogen and oxygen atoms in total. The number of anilines is 1. The summed E-state index contributed by atoms with van der Waals surface area (Å²) in [6, 6.07) is 13.6. The van der Waals surface area contributed by atoms with E-state index in [2.05, 4.69) is 10.3 Å². The summed E-state index contributed by atoms with van der Waals surface area (Å²) in [5, 5.41) is 4.80. The summed E-state index contributed by atoms with van der Waals surface area (Å²) in [4.78, 5) is 17.8. The molecule has 3 aromatic heterocycles. The van der Waals surface area contributed by atoms with Gasteiger partial charge in [-0.05, 0) is 60.3 Å². The Bertz CT molecular complexity index is 1050. The Labute approximate surface area is 147 Å². The number of benzene rings is 1. The maximum absolute atomic E-state index is 13.3. The fraction of sp³-hybridized carbons (Fsp3) is 0.0526. The van der Waals surface area contributed by atoms with Gasteiger partial charge in [-0.1, -0.05) is 6.07 Å². The van der Waals surface area contributed by atoms with Gasteiger partial charge in [0.25, 0.3) is 5.91 Å². The third-order valence-corrected chi connectivity index (χ3v) is 4.74. The molecule has 124 valence electrons. The molecule has 0 aliphatic carbocycles. The molecule has 4 aromatic rings. The number of imidazole rings is 1. The van der Waals surface area contributed by atoms with Gasteiger partial charge in [0.05, 0.1) is 4.88 Å². The molecular formula is C19H14FN3OS. The number of aryl methyl sites for hydroxylation is 1. The molecule has 25 heavy (non-hydrogen) atoms. The minimum Gasteiger partial charge on any atom is -0.305 e. The van der Waals surface area contributed by atoms with Gasteiger partial charge >= 0.3 is 0 Å². The average Bonchev–Trinajstić information content (AvgIpc) is 3.24. The van der Waals surface area contributed by atoms with Crippen LogP contribution in [0.25, 0.3) is 16.9 Å². The number of carbonyl (C=O) groups excluding carboxylic acids is 1. The minimum absolute atomic E-state index is 0.194. The van der Waals surface area contributed by atoms with Crippen molar-refractivity contribution < 1.29 is 9.18 Å². The van der Waals surface area contributed by atoms with Crippen molar-refractivity contribution in [3.63, 3.8) is 0 Å². The summed E-state index contributed by atoms with van der Waals surface area (Å²) in [5.41, 5.74) is 3.14. The van der Waals surface area contributed by atoms with E-state index in [-0.39, 0.29) is 11.7 Å². The van der Waals surface area contributed by atoms with Crippen molar-refractivity contribution in [1.82, 2.24) is 9.38 Å². The quantitative estimate of drug-likeness (QED) is 0.578. The molecule has 0 saturated carbocycles. The number of aromatic nitrogens is 2. The van der Waals surface area contributed by atoms with Gasteiger partial charge in [-0.3, -0.25) is 9.20 Å². The Morgan fingerprint density at radius 2 is 2.00 bits per heavy atom. The van der Waals surface area contributed by atoms with Gasteiger partial charge in [0, 0.05) is 11.8 Å². The number of rotatable bonds is 3. The lowest BCUT2D eigenvalue weighted by molar-refractivity contribution is 0.103. The van der Waals surface area contributed by atoms with E-state index in [9.17, 15) is 9.18 Å². The van der Waals surface area contributed by atoms with Crippen molar-refractivity contribution >= 4 is 28.7 Å². The number of nitrogens with one attached hydrogen (secondary N) is 1. The van der Waals surface area contributed by atoms with Gasteiger partial charge in [-0.25, -0.2) is 9.37 Å². The van der Waals surface area contributed by atoms with Gasteiger partial charge in [-0.2, -0.15) is 0 Å². The molecule has 1 aromatic carbocycles. The summed E-state index contributed by atoms with van der Waals surface area (Å²) in [5.74, 6) is 0.0632. The van der Waals surface area contributed by atoms with Crippen molar-refractivity contribution in [1.29, 1.82) is 0 Å². The van der Waals surface area contributed by atoms with Crippen molar-refractivity contribution in [3.8, 4) is 11.3 Å². The molecule has 0 radical (unpaired) electrons. The summed E-state index contributed by atoms with van der Waals surface area (Å²) in [6.45, 7) is 1.98. The highest BCUT2D eigenvalue weighted by atomic mass is 32.1. The second kappa shape index (κ2) is 6.14. The van der Waals surface area contributed by atoms with Crippen molar-refractivity contribution in [2.24, 2.45) is 0 Å². The van der Waals surface area contributed by atoms with Gasteiger partial charge in [0.1, 0.15) is 23.0 Å². The third-order valence-electron chi connectivity index (χ3n) is 3.88. The number of nitrogens with zero attached hydrogens (tertiary/aromatic N) is 2. The molecule has 3 heterocycles. The number of halogens is 1. The van der Waals surface area contributed by atoms with E-state index in [1.165, 1.54) is 23.5 Å². The molecule has 0 aliphatic rings. The summed E-state index contributed by atoms with van der Waals surface area (Å²) >= 11 is 1.37. The maximum atomic E-state index is 13.3. The molecule has 1 amide bonds. The fourth-order valence-corrected chi connectivity index (χ4v) is 3.27. The summed E-state index contributed by atoms with van der Waals surface area (Å²) < 4.78 is 15.1. The van der Waals surface area contributed by atoms with E-state index >= 15 is 0 Å². The van der Waals surface area contributed by atoms with Gasteiger partial charge in [0.2, 0.25) is 0 Å². The first-order valence-corrected chi connectivity index (χ1v) is 8.59. The van der Waals surface area contributed by atoms with Crippen LogP contribution in [0.5, 0.6) is 0 Å². The van der Waals surface area contributed by atoms with Gasteiger partial charge < -0.3 is 5.32 Å². The standard InChI is InChI=1S/C19H14FN3OS/c1-12-8-9-23-16(11-12)21-17(13-4-6-14(20)7-5-13)18(23)22-19(24)15-3-2-10-25-15/h2-11H,1H3,(H,22,24). The van der Waals surface area contributed by atoms with Crippen LogP contribution in [0.2, 0.25) is 0 Å². The second-order valence-corrected chi connectivity index (χ2v) is 6.63. The van der Waals surface area contributed by atoms with E-state index in [1.807, 2.05) is 41.1 Å². The molecule has 0 saturated heterocycles. The highest BCUT2D eigenvalue weighted by Crippen LogP contribution is 2.30. The molecule has 0 atom stereocenters. The van der Waals surface area contributed by atoms with Crippen LogP contribution in [-0.2, 0) is 0 Å². The lowest BCUT2D eigenvalue weighted by Gasteiger charge is -2.07. The van der Waals surface area contributed by atoms with Gasteiger partial charge in [0.15, 0.2) is 0 Å². The van der Waals surface area contributed by atoms with Crippen LogP contribution in [0, 0.1) is 12.7 Å². The normalized spacial score (nSPS) is 11.0. The Morgan fingerprint density at radius 1 is 1.20 bits per heavy atom. The Hall–Kier alpha value is -2.99. The van der Waals surface area contributed by atoms with Crippen LogP contribution >= 0.6 is 11.3 Å². The van der Waals surface area contributed by atoms with Crippen LogP contribution in [0.1, 0.15) is 15.2 Å². The number of fused-ring (bicyclic) bond motifs is 1. The second-order valence-electron chi connectivity index (χ2n) is 5.68. The zero-order chi connectivity index (χ0) is 17.4. The molecule has 6 heteroatoms. The largest absolute Gasteiger partial charge is 0.305 e. The number of hydrogen-bond donors (Lipinski definition) is 1. The molecule has 0 unspecified atom stereocenters. The number of carbonyl (C=O) groups is 1. The van der Waals surface area contributed by atoms with Crippen molar-refractivity contribution in [2.75, 3.05) is 5.32 Å². The predicted octanol–water partition coefficient (Wildman–Crippen LogP) is 4.76. The third kappa shape index (κ3) is 2.92. The van der Waals surface area contributed by atoms with Crippen LogP contribution in [0.4, 0.5) is 10.2 Å². The number of hydrogen-bond acceptors (Lipinski definition) is 3. The summed E-state index contributed by atoms with van der Waals surface area (Å²) in [7, 11) is 0. The van der Waals surface area contributed by atoms with E-state index in [0.29, 0.717) is 16.4 Å². The molecule has 0 aliphatic heterocycles. The highest BCUT2D eigenvalue weighted by molar-refractivity contribution is 7.12. The topological polar surface area (TPSA) is 46.4 Å². The van der Waals surface area contributed by atoms with E-state index in [4.69, 9.17) is 0 Å².